The molecule has 0 aliphatic rings. The second-order valence-corrected chi connectivity index (χ2v) is 3.74. The van der Waals surface area contributed by atoms with Crippen LogP contribution in [0.4, 0.5) is 4.39 Å². The topological polar surface area (TPSA) is 26.0 Å². The normalized spacial score (nSPS) is 11.5. The van der Waals surface area contributed by atoms with Crippen molar-refractivity contribution in [2.45, 2.75) is 26.7 Å². The van der Waals surface area contributed by atoms with Gasteiger partial charge in [0.1, 0.15) is 5.52 Å². The van der Waals surface area contributed by atoms with E-state index in [2.05, 4.69) is 4.98 Å². The maximum absolute atomic E-state index is 13.5. The van der Waals surface area contributed by atoms with Crippen molar-refractivity contribution in [3.8, 4) is 0 Å². The van der Waals surface area contributed by atoms with Gasteiger partial charge in [0, 0.05) is 6.92 Å². The second kappa shape index (κ2) is 3.08. The van der Waals surface area contributed by atoms with Gasteiger partial charge in [0.2, 0.25) is 0 Å². The van der Waals surface area contributed by atoms with Crippen LogP contribution in [0.25, 0.3) is 11.1 Å². The number of halogens is 1. The molecule has 0 fully saturated rings. The highest BCUT2D eigenvalue weighted by Gasteiger charge is 2.11. The molecule has 0 aliphatic heterocycles. The van der Waals surface area contributed by atoms with Crippen LogP contribution in [-0.4, -0.2) is 4.98 Å². The van der Waals surface area contributed by atoms with E-state index in [1.807, 2.05) is 19.9 Å². The highest BCUT2D eigenvalue weighted by Crippen LogP contribution is 2.24. The fourth-order valence-electron chi connectivity index (χ4n) is 1.45. The standard InChI is InChI=1S/C11H12FNO/c1-6(2)8-4-9(12)11-10(5-8)14-7(3)13-11/h4-6H,1-3H3. The molecule has 0 atom stereocenters. The Labute approximate surface area is 81.8 Å². The van der Waals surface area contributed by atoms with E-state index in [-0.39, 0.29) is 5.82 Å². The summed E-state index contributed by atoms with van der Waals surface area (Å²) in [6.07, 6.45) is 0. The van der Waals surface area contributed by atoms with E-state index < -0.39 is 0 Å². The van der Waals surface area contributed by atoms with Gasteiger partial charge in [0.05, 0.1) is 0 Å². The van der Waals surface area contributed by atoms with Crippen molar-refractivity contribution in [2.75, 3.05) is 0 Å². The molecule has 2 aromatic rings. The lowest BCUT2D eigenvalue weighted by Crippen LogP contribution is -1.89. The van der Waals surface area contributed by atoms with E-state index >= 15 is 0 Å². The largest absolute Gasteiger partial charge is 0.441 e. The lowest BCUT2D eigenvalue weighted by Gasteiger charge is -2.04. The molecular formula is C11H12FNO. The molecule has 1 aromatic carbocycles. The summed E-state index contributed by atoms with van der Waals surface area (Å²) in [7, 11) is 0. The predicted molar refractivity (Wildman–Crippen MR) is 52.8 cm³/mol. The Morgan fingerprint density at radius 1 is 1.36 bits per heavy atom. The van der Waals surface area contributed by atoms with Crippen molar-refractivity contribution < 1.29 is 8.81 Å². The molecule has 0 saturated carbocycles. The van der Waals surface area contributed by atoms with E-state index in [4.69, 9.17) is 4.42 Å². The van der Waals surface area contributed by atoms with Crippen molar-refractivity contribution in [1.82, 2.24) is 4.98 Å². The van der Waals surface area contributed by atoms with E-state index in [9.17, 15) is 4.39 Å². The van der Waals surface area contributed by atoms with Gasteiger partial charge in [0.15, 0.2) is 17.3 Å². The second-order valence-electron chi connectivity index (χ2n) is 3.74. The Kier molecular flexibility index (Phi) is 2.02. The first-order chi connectivity index (χ1) is 6.58. The van der Waals surface area contributed by atoms with Crippen LogP contribution in [0.5, 0.6) is 0 Å². The maximum atomic E-state index is 13.5. The van der Waals surface area contributed by atoms with E-state index in [1.165, 1.54) is 6.07 Å². The zero-order valence-electron chi connectivity index (χ0n) is 8.47. The van der Waals surface area contributed by atoms with Gasteiger partial charge in [-0.2, -0.15) is 0 Å². The highest BCUT2D eigenvalue weighted by molar-refractivity contribution is 5.74. The molecule has 0 aliphatic carbocycles. The predicted octanol–water partition coefficient (Wildman–Crippen LogP) is 3.40. The first-order valence-electron chi connectivity index (χ1n) is 4.64. The third-order valence-electron chi connectivity index (χ3n) is 2.24. The number of hydrogen-bond acceptors (Lipinski definition) is 2. The fourth-order valence-corrected chi connectivity index (χ4v) is 1.45. The van der Waals surface area contributed by atoms with E-state index in [0.717, 1.165) is 5.56 Å². The number of fused-ring (bicyclic) bond motifs is 1. The summed E-state index contributed by atoms with van der Waals surface area (Å²) in [5, 5.41) is 0. The molecule has 0 bridgehead atoms. The van der Waals surface area contributed by atoms with E-state index in [1.54, 1.807) is 6.92 Å². The van der Waals surface area contributed by atoms with Crippen molar-refractivity contribution in [3.05, 3.63) is 29.4 Å². The van der Waals surface area contributed by atoms with Crippen LogP contribution in [0, 0.1) is 12.7 Å². The molecule has 2 rings (SSSR count). The summed E-state index contributed by atoms with van der Waals surface area (Å²) < 4.78 is 18.8. The van der Waals surface area contributed by atoms with Crippen LogP contribution in [0.15, 0.2) is 16.5 Å². The van der Waals surface area contributed by atoms with Gasteiger partial charge in [0.25, 0.3) is 0 Å². The smallest absolute Gasteiger partial charge is 0.192 e. The first-order valence-corrected chi connectivity index (χ1v) is 4.64. The van der Waals surface area contributed by atoms with Crippen LogP contribution >= 0.6 is 0 Å². The zero-order valence-corrected chi connectivity index (χ0v) is 8.47. The Balaban J connectivity index is 2.71. The van der Waals surface area contributed by atoms with Gasteiger partial charge < -0.3 is 4.42 Å². The summed E-state index contributed by atoms with van der Waals surface area (Å²) in [5.74, 6) is 0.488. The lowest BCUT2D eigenvalue weighted by molar-refractivity contribution is 0.560. The van der Waals surface area contributed by atoms with E-state index in [0.29, 0.717) is 22.9 Å². The number of nitrogens with zero attached hydrogens (tertiary/aromatic N) is 1. The van der Waals surface area contributed by atoms with Gasteiger partial charge >= 0.3 is 0 Å². The average molecular weight is 193 g/mol. The maximum Gasteiger partial charge on any atom is 0.192 e. The zero-order chi connectivity index (χ0) is 10.3. The van der Waals surface area contributed by atoms with Crippen molar-refractivity contribution in [1.29, 1.82) is 0 Å². The van der Waals surface area contributed by atoms with Crippen LogP contribution in [0.1, 0.15) is 31.2 Å². The molecule has 1 aromatic heterocycles. The number of hydrogen-bond donors (Lipinski definition) is 0. The van der Waals surface area contributed by atoms with Crippen molar-refractivity contribution >= 4 is 11.1 Å². The molecule has 0 amide bonds. The quantitative estimate of drug-likeness (QED) is 0.693. The fraction of sp³-hybridized carbons (Fsp3) is 0.364. The molecule has 0 N–H and O–H groups in total. The van der Waals surface area contributed by atoms with Gasteiger partial charge in [-0.15, -0.1) is 0 Å². The summed E-state index contributed by atoms with van der Waals surface area (Å²) in [4.78, 5) is 3.97. The lowest BCUT2D eigenvalue weighted by atomic mass is 10.0. The number of benzene rings is 1. The highest BCUT2D eigenvalue weighted by atomic mass is 19.1. The molecule has 0 unspecified atom stereocenters. The van der Waals surface area contributed by atoms with Gasteiger partial charge in [-0.05, 0) is 23.6 Å². The van der Waals surface area contributed by atoms with Crippen molar-refractivity contribution in [2.24, 2.45) is 0 Å². The summed E-state index contributed by atoms with van der Waals surface area (Å²) in [5.41, 5.74) is 1.80. The average Bonchev–Trinajstić information content (AvgIpc) is 2.45. The number of oxazole rings is 1. The van der Waals surface area contributed by atoms with Crippen LogP contribution in [0.3, 0.4) is 0 Å². The van der Waals surface area contributed by atoms with Gasteiger partial charge in [-0.25, -0.2) is 9.37 Å². The molecule has 1 heterocycles. The number of rotatable bonds is 1. The van der Waals surface area contributed by atoms with Gasteiger partial charge in [-0.1, -0.05) is 13.8 Å². The van der Waals surface area contributed by atoms with Crippen LogP contribution in [-0.2, 0) is 0 Å². The minimum Gasteiger partial charge on any atom is -0.441 e. The van der Waals surface area contributed by atoms with Crippen LogP contribution < -0.4 is 0 Å². The molecule has 74 valence electrons. The minimum atomic E-state index is -0.303. The Bertz CT molecular complexity index is 473. The third-order valence-corrected chi connectivity index (χ3v) is 2.24. The summed E-state index contributed by atoms with van der Waals surface area (Å²) >= 11 is 0. The molecule has 0 spiro atoms. The number of aromatic nitrogens is 1. The minimum absolute atomic E-state index is 0.291. The van der Waals surface area contributed by atoms with Gasteiger partial charge in [-0.3, -0.25) is 0 Å². The Hall–Kier alpha value is -1.38. The summed E-state index contributed by atoms with van der Waals surface area (Å²) in [6, 6.07) is 3.37. The summed E-state index contributed by atoms with van der Waals surface area (Å²) in [6.45, 7) is 5.75. The molecular weight excluding hydrogens is 181 g/mol. The molecule has 14 heavy (non-hydrogen) atoms. The molecule has 0 radical (unpaired) electrons. The van der Waals surface area contributed by atoms with Crippen molar-refractivity contribution in [3.63, 3.8) is 0 Å². The van der Waals surface area contributed by atoms with Crippen LogP contribution in [0.2, 0.25) is 0 Å². The first kappa shape index (κ1) is 9.19. The molecule has 0 saturated heterocycles. The number of aryl methyl sites for hydroxylation is 1. The SMILES string of the molecule is Cc1nc2c(F)cc(C(C)C)cc2o1. The Morgan fingerprint density at radius 3 is 2.71 bits per heavy atom. The monoisotopic (exact) mass is 193 g/mol. The molecule has 3 heteroatoms. The molecule has 2 nitrogen and oxygen atoms in total. The third kappa shape index (κ3) is 1.39. The Morgan fingerprint density at radius 2 is 2.07 bits per heavy atom.